The van der Waals surface area contributed by atoms with Crippen LogP contribution >= 0.6 is 0 Å². The summed E-state index contributed by atoms with van der Waals surface area (Å²) in [5.74, 6) is 0. The van der Waals surface area contributed by atoms with E-state index in [1.165, 1.54) is 97.1 Å². The van der Waals surface area contributed by atoms with E-state index >= 15 is 0 Å². The Morgan fingerprint density at radius 3 is 2.57 bits per heavy atom. The summed E-state index contributed by atoms with van der Waals surface area (Å²) in [6.07, 6.45) is 13.1. The topological polar surface area (TPSA) is 18.5 Å². The molecule has 2 heterocycles. The van der Waals surface area contributed by atoms with Crippen LogP contribution in [-0.4, -0.2) is 61.2 Å². The van der Waals surface area contributed by atoms with Crippen molar-refractivity contribution in [2.75, 3.05) is 39.3 Å². The molecule has 0 spiro atoms. The first-order valence-electron chi connectivity index (χ1n) is 9.53. The Morgan fingerprint density at radius 2 is 1.76 bits per heavy atom. The maximum atomic E-state index is 3.87. The molecule has 1 unspecified atom stereocenters. The molecule has 0 radical (unpaired) electrons. The van der Waals surface area contributed by atoms with Crippen LogP contribution in [0.15, 0.2) is 0 Å². The van der Waals surface area contributed by atoms with E-state index in [1.54, 1.807) is 0 Å². The van der Waals surface area contributed by atoms with Gasteiger partial charge in [0.05, 0.1) is 0 Å². The Hall–Kier alpha value is -0.120. The zero-order valence-corrected chi connectivity index (χ0v) is 13.7. The highest BCUT2D eigenvalue weighted by molar-refractivity contribution is 4.94. The molecule has 3 heteroatoms. The molecule has 0 aromatic heterocycles. The average Bonchev–Trinajstić information content (AvgIpc) is 3.23. The van der Waals surface area contributed by atoms with Crippen molar-refractivity contribution in [1.82, 2.24) is 15.1 Å². The summed E-state index contributed by atoms with van der Waals surface area (Å²) in [5, 5.41) is 3.87. The maximum absolute atomic E-state index is 3.87. The molecule has 2 saturated heterocycles. The molecule has 0 aromatic carbocycles. The van der Waals surface area contributed by atoms with E-state index in [-0.39, 0.29) is 0 Å². The molecular formula is C18H33N3. The SMILES string of the molecule is C1CCC(CNC2CC2)(CN2CCN3CCCC3C2)CC1. The second kappa shape index (κ2) is 6.17. The van der Waals surface area contributed by atoms with Crippen molar-refractivity contribution in [2.24, 2.45) is 5.41 Å². The van der Waals surface area contributed by atoms with E-state index in [1.807, 2.05) is 0 Å². The zero-order valence-electron chi connectivity index (χ0n) is 13.7. The molecule has 2 saturated carbocycles. The van der Waals surface area contributed by atoms with Gasteiger partial charge in [-0.25, -0.2) is 0 Å². The fourth-order valence-corrected chi connectivity index (χ4v) is 5.01. The van der Waals surface area contributed by atoms with Crippen LogP contribution in [0.2, 0.25) is 0 Å². The number of hydrogen-bond donors (Lipinski definition) is 1. The summed E-state index contributed by atoms with van der Waals surface area (Å²) < 4.78 is 0. The van der Waals surface area contributed by atoms with Gasteiger partial charge in [0.25, 0.3) is 0 Å². The van der Waals surface area contributed by atoms with Gasteiger partial charge in [-0.3, -0.25) is 9.80 Å². The van der Waals surface area contributed by atoms with Gasteiger partial charge in [0.15, 0.2) is 0 Å². The summed E-state index contributed by atoms with van der Waals surface area (Å²) in [7, 11) is 0. The summed E-state index contributed by atoms with van der Waals surface area (Å²) in [6.45, 7) is 8.04. The highest BCUT2D eigenvalue weighted by atomic mass is 15.3. The standard InChI is InChI=1S/C18H33N3/c1-2-8-18(9-3-1,14-19-16-6-7-16)15-20-11-12-21-10-4-5-17(21)13-20/h16-17,19H,1-15H2. The lowest BCUT2D eigenvalue weighted by molar-refractivity contribution is 0.0463. The molecule has 21 heavy (non-hydrogen) atoms. The maximum Gasteiger partial charge on any atom is 0.0224 e. The lowest BCUT2D eigenvalue weighted by Gasteiger charge is -2.45. The summed E-state index contributed by atoms with van der Waals surface area (Å²) in [5.41, 5.74) is 0.599. The van der Waals surface area contributed by atoms with E-state index in [2.05, 4.69) is 15.1 Å². The first-order chi connectivity index (χ1) is 10.3. The van der Waals surface area contributed by atoms with E-state index in [4.69, 9.17) is 0 Å². The predicted molar refractivity (Wildman–Crippen MR) is 87.6 cm³/mol. The minimum absolute atomic E-state index is 0.599. The minimum Gasteiger partial charge on any atom is -0.313 e. The molecule has 0 amide bonds. The second-order valence-electron chi connectivity index (χ2n) is 8.28. The average molecular weight is 291 g/mol. The van der Waals surface area contributed by atoms with Gasteiger partial charge in [-0.05, 0) is 50.5 Å². The minimum atomic E-state index is 0.599. The second-order valence-corrected chi connectivity index (χ2v) is 8.28. The molecule has 1 atom stereocenters. The molecule has 4 aliphatic rings. The van der Waals surface area contributed by atoms with Crippen molar-refractivity contribution in [3.05, 3.63) is 0 Å². The summed E-state index contributed by atoms with van der Waals surface area (Å²) >= 11 is 0. The van der Waals surface area contributed by atoms with Crippen LogP contribution in [0.4, 0.5) is 0 Å². The van der Waals surface area contributed by atoms with Crippen molar-refractivity contribution in [3.8, 4) is 0 Å². The molecular weight excluding hydrogens is 258 g/mol. The quantitative estimate of drug-likeness (QED) is 0.839. The Kier molecular flexibility index (Phi) is 4.25. The van der Waals surface area contributed by atoms with Crippen molar-refractivity contribution in [1.29, 1.82) is 0 Å². The largest absolute Gasteiger partial charge is 0.313 e. The number of piperazine rings is 1. The number of nitrogens with zero attached hydrogens (tertiary/aromatic N) is 2. The Labute approximate surface area is 130 Å². The third-order valence-electron chi connectivity index (χ3n) is 6.49. The molecule has 4 rings (SSSR count). The molecule has 1 N–H and O–H groups in total. The Morgan fingerprint density at radius 1 is 0.905 bits per heavy atom. The summed E-state index contributed by atoms with van der Waals surface area (Å²) in [4.78, 5) is 5.57. The Balaban J connectivity index is 1.36. The number of rotatable bonds is 5. The molecule has 2 aliphatic heterocycles. The lowest BCUT2D eigenvalue weighted by atomic mass is 9.73. The molecule has 0 aromatic rings. The van der Waals surface area contributed by atoms with E-state index in [0.717, 1.165) is 12.1 Å². The zero-order chi connectivity index (χ0) is 14.1. The van der Waals surface area contributed by atoms with Gasteiger partial charge in [0.1, 0.15) is 0 Å². The molecule has 2 aliphatic carbocycles. The first kappa shape index (κ1) is 14.5. The normalized spacial score (nSPS) is 34.0. The monoisotopic (exact) mass is 291 g/mol. The van der Waals surface area contributed by atoms with Crippen LogP contribution in [0.5, 0.6) is 0 Å². The van der Waals surface area contributed by atoms with Gasteiger partial charge in [-0.1, -0.05) is 19.3 Å². The fourth-order valence-electron chi connectivity index (χ4n) is 5.01. The summed E-state index contributed by atoms with van der Waals surface area (Å²) in [6, 6.07) is 1.76. The predicted octanol–water partition coefficient (Wildman–Crippen LogP) is 2.47. The van der Waals surface area contributed by atoms with Gasteiger partial charge >= 0.3 is 0 Å². The van der Waals surface area contributed by atoms with Crippen LogP contribution in [0.3, 0.4) is 0 Å². The van der Waals surface area contributed by atoms with Gasteiger partial charge in [0, 0.05) is 44.8 Å². The molecule has 120 valence electrons. The third-order valence-corrected chi connectivity index (χ3v) is 6.49. The molecule has 4 fully saturated rings. The van der Waals surface area contributed by atoms with Crippen LogP contribution in [0, 0.1) is 5.41 Å². The van der Waals surface area contributed by atoms with Crippen LogP contribution in [0.1, 0.15) is 57.8 Å². The van der Waals surface area contributed by atoms with E-state index in [9.17, 15) is 0 Å². The number of fused-ring (bicyclic) bond motifs is 1. The number of nitrogens with one attached hydrogen (secondary N) is 1. The molecule has 3 nitrogen and oxygen atoms in total. The van der Waals surface area contributed by atoms with E-state index < -0.39 is 0 Å². The number of hydrogen-bond acceptors (Lipinski definition) is 3. The van der Waals surface area contributed by atoms with Crippen LogP contribution < -0.4 is 5.32 Å². The van der Waals surface area contributed by atoms with Crippen molar-refractivity contribution in [2.45, 2.75) is 69.9 Å². The van der Waals surface area contributed by atoms with Gasteiger partial charge in [-0.2, -0.15) is 0 Å². The highest BCUT2D eigenvalue weighted by Crippen LogP contribution is 2.38. The highest BCUT2D eigenvalue weighted by Gasteiger charge is 2.38. The van der Waals surface area contributed by atoms with Crippen LogP contribution in [0.25, 0.3) is 0 Å². The Bertz CT molecular complexity index is 346. The van der Waals surface area contributed by atoms with E-state index in [0.29, 0.717) is 5.41 Å². The first-order valence-corrected chi connectivity index (χ1v) is 9.53. The third kappa shape index (κ3) is 3.46. The van der Waals surface area contributed by atoms with Gasteiger partial charge in [0.2, 0.25) is 0 Å². The van der Waals surface area contributed by atoms with Crippen LogP contribution in [-0.2, 0) is 0 Å². The molecule has 0 bridgehead atoms. The van der Waals surface area contributed by atoms with Crippen molar-refractivity contribution < 1.29 is 0 Å². The van der Waals surface area contributed by atoms with Gasteiger partial charge < -0.3 is 5.32 Å². The van der Waals surface area contributed by atoms with Crippen molar-refractivity contribution >= 4 is 0 Å². The fraction of sp³-hybridized carbons (Fsp3) is 1.00. The lowest BCUT2D eigenvalue weighted by Crippen LogP contribution is -2.54. The van der Waals surface area contributed by atoms with Gasteiger partial charge in [-0.15, -0.1) is 0 Å². The smallest absolute Gasteiger partial charge is 0.0224 e. The van der Waals surface area contributed by atoms with Crippen molar-refractivity contribution in [3.63, 3.8) is 0 Å².